The van der Waals surface area contributed by atoms with Crippen molar-refractivity contribution in [3.8, 4) is 11.1 Å². The summed E-state index contributed by atoms with van der Waals surface area (Å²) in [5, 5.41) is 2.98. The summed E-state index contributed by atoms with van der Waals surface area (Å²) in [5.74, 6) is -0.121. The number of aromatic nitrogens is 2. The van der Waals surface area contributed by atoms with Gasteiger partial charge >= 0.3 is 0 Å². The molecule has 1 atom stereocenters. The Kier molecular flexibility index (Phi) is 4.43. The van der Waals surface area contributed by atoms with E-state index in [0.29, 0.717) is 5.56 Å². The quantitative estimate of drug-likeness (QED) is 0.800. The van der Waals surface area contributed by atoms with Crippen LogP contribution in [0.5, 0.6) is 0 Å². The first-order valence-corrected chi connectivity index (χ1v) is 7.45. The Morgan fingerprint density at radius 3 is 2.26 bits per heavy atom. The van der Waals surface area contributed by atoms with Crippen molar-refractivity contribution in [2.75, 3.05) is 0 Å². The molecule has 2 heterocycles. The molecule has 4 nitrogen and oxygen atoms in total. The predicted octanol–water partition coefficient (Wildman–Crippen LogP) is 3.63. The van der Waals surface area contributed by atoms with E-state index in [1.165, 1.54) is 0 Å². The van der Waals surface area contributed by atoms with Gasteiger partial charge in [-0.15, -0.1) is 0 Å². The van der Waals surface area contributed by atoms with Gasteiger partial charge in [-0.05, 0) is 47.9 Å². The summed E-state index contributed by atoms with van der Waals surface area (Å²) in [6.07, 6.45) is 6.77. The molecule has 0 saturated carbocycles. The molecule has 0 spiro atoms. The Morgan fingerprint density at radius 1 is 0.913 bits per heavy atom. The molecule has 0 saturated heterocycles. The molecule has 0 aliphatic carbocycles. The predicted molar refractivity (Wildman–Crippen MR) is 89.8 cm³/mol. The van der Waals surface area contributed by atoms with Crippen LogP contribution >= 0.6 is 0 Å². The monoisotopic (exact) mass is 303 g/mol. The standard InChI is InChI=1S/C19H17N3O/c1-14(22-19(23)18-3-2-10-21-13-18)15-4-6-16(7-5-15)17-8-11-20-12-9-17/h2-14H,1H3,(H,22,23)/t14-/m1/s1. The first-order valence-electron chi connectivity index (χ1n) is 7.45. The highest BCUT2D eigenvalue weighted by molar-refractivity contribution is 5.94. The maximum Gasteiger partial charge on any atom is 0.253 e. The third kappa shape index (κ3) is 3.61. The lowest BCUT2D eigenvalue weighted by Gasteiger charge is -2.15. The number of nitrogens with one attached hydrogen (secondary N) is 1. The van der Waals surface area contributed by atoms with Crippen LogP contribution in [0.3, 0.4) is 0 Å². The van der Waals surface area contributed by atoms with Crippen LogP contribution < -0.4 is 5.32 Å². The normalized spacial score (nSPS) is 11.7. The van der Waals surface area contributed by atoms with E-state index < -0.39 is 0 Å². The van der Waals surface area contributed by atoms with Crippen LogP contribution in [0.2, 0.25) is 0 Å². The number of rotatable bonds is 4. The molecule has 0 aliphatic heterocycles. The lowest BCUT2D eigenvalue weighted by Crippen LogP contribution is -2.26. The number of hydrogen-bond acceptors (Lipinski definition) is 3. The maximum atomic E-state index is 12.2. The smallest absolute Gasteiger partial charge is 0.253 e. The molecule has 0 radical (unpaired) electrons. The molecule has 3 aromatic rings. The van der Waals surface area contributed by atoms with Gasteiger partial charge in [-0.25, -0.2) is 0 Å². The zero-order valence-corrected chi connectivity index (χ0v) is 12.8. The van der Waals surface area contributed by atoms with Crippen LogP contribution in [0.15, 0.2) is 73.3 Å². The first-order chi connectivity index (χ1) is 11.2. The van der Waals surface area contributed by atoms with Crippen molar-refractivity contribution in [1.29, 1.82) is 0 Å². The Morgan fingerprint density at radius 2 is 1.61 bits per heavy atom. The molecular formula is C19H17N3O. The molecule has 114 valence electrons. The molecule has 0 aliphatic rings. The van der Waals surface area contributed by atoms with E-state index in [4.69, 9.17) is 0 Å². The SMILES string of the molecule is C[C@@H](NC(=O)c1cccnc1)c1ccc(-c2ccncc2)cc1. The Balaban J connectivity index is 1.71. The molecule has 2 aromatic heterocycles. The molecular weight excluding hydrogens is 286 g/mol. The van der Waals surface area contributed by atoms with E-state index in [1.54, 1.807) is 36.9 Å². The van der Waals surface area contributed by atoms with Crippen LogP contribution in [-0.2, 0) is 0 Å². The summed E-state index contributed by atoms with van der Waals surface area (Å²) < 4.78 is 0. The van der Waals surface area contributed by atoms with Crippen LogP contribution in [0.1, 0.15) is 28.9 Å². The second-order valence-electron chi connectivity index (χ2n) is 5.29. The van der Waals surface area contributed by atoms with Gasteiger partial charge in [-0.1, -0.05) is 24.3 Å². The minimum Gasteiger partial charge on any atom is -0.345 e. The minimum absolute atomic E-state index is 0.0748. The average Bonchev–Trinajstić information content (AvgIpc) is 2.63. The fourth-order valence-corrected chi connectivity index (χ4v) is 2.37. The van der Waals surface area contributed by atoms with Gasteiger partial charge in [0.1, 0.15) is 0 Å². The van der Waals surface area contributed by atoms with Gasteiger partial charge in [0.2, 0.25) is 0 Å². The van der Waals surface area contributed by atoms with E-state index in [2.05, 4.69) is 27.4 Å². The highest BCUT2D eigenvalue weighted by Gasteiger charge is 2.11. The Bertz CT molecular complexity index is 771. The lowest BCUT2D eigenvalue weighted by atomic mass is 10.0. The maximum absolute atomic E-state index is 12.2. The van der Waals surface area contributed by atoms with Crippen molar-refractivity contribution < 1.29 is 4.79 Å². The number of hydrogen-bond donors (Lipinski definition) is 1. The van der Waals surface area contributed by atoms with Crippen LogP contribution in [0, 0.1) is 0 Å². The number of nitrogens with zero attached hydrogens (tertiary/aromatic N) is 2. The Labute approximate surface area is 135 Å². The molecule has 3 rings (SSSR count). The molecule has 1 N–H and O–H groups in total. The van der Waals surface area contributed by atoms with Gasteiger partial charge in [-0.2, -0.15) is 0 Å². The number of benzene rings is 1. The van der Waals surface area contributed by atoms with Gasteiger partial charge in [0.15, 0.2) is 0 Å². The van der Waals surface area contributed by atoms with Gasteiger partial charge < -0.3 is 5.32 Å². The number of pyridine rings is 2. The third-order valence-electron chi connectivity index (χ3n) is 3.70. The largest absolute Gasteiger partial charge is 0.345 e. The number of amides is 1. The topological polar surface area (TPSA) is 54.9 Å². The van der Waals surface area contributed by atoms with E-state index in [0.717, 1.165) is 16.7 Å². The van der Waals surface area contributed by atoms with Gasteiger partial charge in [0.25, 0.3) is 5.91 Å². The van der Waals surface area contributed by atoms with E-state index >= 15 is 0 Å². The van der Waals surface area contributed by atoms with E-state index in [9.17, 15) is 4.79 Å². The van der Waals surface area contributed by atoms with Crippen molar-refractivity contribution in [2.24, 2.45) is 0 Å². The van der Waals surface area contributed by atoms with Crippen molar-refractivity contribution in [3.63, 3.8) is 0 Å². The fourth-order valence-electron chi connectivity index (χ4n) is 2.37. The second-order valence-corrected chi connectivity index (χ2v) is 5.29. The van der Waals surface area contributed by atoms with Crippen molar-refractivity contribution in [3.05, 3.63) is 84.4 Å². The number of carbonyl (C=O) groups is 1. The molecule has 4 heteroatoms. The van der Waals surface area contributed by atoms with Crippen molar-refractivity contribution in [1.82, 2.24) is 15.3 Å². The van der Waals surface area contributed by atoms with Crippen molar-refractivity contribution in [2.45, 2.75) is 13.0 Å². The molecule has 0 bridgehead atoms. The Hall–Kier alpha value is -3.01. The zero-order chi connectivity index (χ0) is 16.1. The highest BCUT2D eigenvalue weighted by Crippen LogP contribution is 2.21. The zero-order valence-electron chi connectivity index (χ0n) is 12.8. The van der Waals surface area contributed by atoms with Gasteiger partial charge in [0, 0.05) is 24.8 Å². The lowest BCUT2D eigenvalue weighted by molar-refractivity contribution is 0.0939. The molecule has 23 heavy (non-hydrogen) atoms. The second kappa shape index (κ2) is 6.83. The van der Waals surface area contributed by atoms with Crippen LogP contribution in [-0.4, -0.2) is 15.9 Å². The average molecular weight is 303 g/mol. The summed E-state index contributed by atoms with van der Waals surface area (Å²) in [7, 11) is 0. The summed E-state index contributed by atoms with van der Waals surface area (Å²) in [4.78, 5) is 20.1. The molecule has 1 amide bonds. The van der Waals surface area contributed by atoms with E-state index in [1.807, 2.05) is 31.2 Å². The molecule has 1 aromatic carbocycles. The summed E-state index contributed by atoms with van der Waals surface area (Å²) >= 11 is 0. The summed E-state index contributed by atoms with van der Waals surface area (Å²) in [6, 6.07) is 15.5. The van der Waals surface area contributed by atoms with Gasteiger partial charge in [-0.3, -0.25) is 14.8 Å². The number of carbonyl (C=O) groups excluding carboxylic acids is 1. The highest BCUT2D eigenvalue weighted by atomic mass is 16.1. The van der Waals surface area contributed by atoms with Crippen LogP contribution in [0.25, 0.3) is 11.1 Å². The molecule has 0 unspecified atom stereocenters. The minimum atomic E-state index is -0.121. The van der Waals surface area contributed by atoms with Crippen molar-refractivity contribution >= 4 is 5.91 Å². The third-order valence-corrected chi connectivity index (χ3v) is 3.70. The molecule has 0 fully saturated rings. The fraction of sp³-hybridized carbons (Fsp3) is 0.105. The summed E-state index contributed by atoms with van der Waals surface area (Å²) in [6.45, 7) is 1.97. The van der Waals surface area contributed by atoms with Crippen LogP contribution in [0.4, 0.5) is 0 Å². The summed E-state index contributed by atoms with van der Waals surface area (Å²) in [5.41, 5.74) is 3.87. The van der Waals surface area contributed by atoms with E-state index in [-0.39, 0.29) is 11.9 Å². The first kappa shape index (κ1) is 14.9. The van der Waals surface area contributed by atoms with Gasteiger partial charge in [0.05, 0.1) is 11.6 Å².